The number of halogens is 1. The lowest BCUT2D eigenvalue weighted by atomic mass is 10.2. The van der Waals surface area contributed by atoms with Gasteiger partial charge in [-0.1, -0.05) is 12.1 Å². The summed E-state index contributed by atoms with van der Waals surface area (Å²) in [6.07, 6.45) is 0. The van der Waals surface area contributed by atoms with Crippen LogP contribution in [0.3, 0.4) is 0 Å². The summed E-state index contributed by atoms with van der Waals surface area (Å²) >= 11 is 3.86. The number of rotatable bonds is 3. The largest absolute Gasteiger partial charge is 0.335 e. The molecule has 2 aromatic carbocycles. The second-order valence-electron chi connectivity index (χ2n) is 4.74. The molecule has 3 nitrogen and oxygen atoms in total. The summed E-state index contributed by atoms with van der Waals surface area (Å²) in [6.45, 7) is 0.532. The predicted octanol–water partition coefficient (Wildman–Crippen LogP) is 4.17. The Morgan fingerprint density at radius 1 is 1.19 bits per heavy atom. The molecule has 0 radical (unpaired) electrons. The number of fused-ring (bicyclic) bond motifs is 1. The Labute approximate surface area is 140 Å². The van der Waals surface area contributed by atoms with E-state index >= 15 is 0 Å². The molecule has 0 fully saturated rings. The average molecular weight is 408 g/mol. The van der Waals surface area contributed by atoms with Crippen molar-refractivity contribution in [1.29, 1.82) is 0 Å². The molecule has 106 valence electrons. The van der Waals surface area contributed by atoms with E-state index in [1.807, 2.05) is 49.5 Å². The van der Waals surface area contributed by atoms with Crippen LogP contribution in [0.15, 0.2) is 48.5 Å². The van der Waals surface area contributed by atoms with Crippen LogP contribution in [0.25, 0.3) is 10.2 Å². The van der Waals surface area contributed by atoms with E-state index in [-0.39, 0.29) is 5.91 Å². The van der Waals surface area contributed by atoms with Crippen molar-refractivity contribution in [2.75, 3.05) is 7.05 Å². The lowest BCUT2D eigenvalue weighted by molar-refractivity contribution is 0.0785. The number of carbonyl (C=O) groups excluding carboxylic acids is 1. The van der Waals surface area contributed by atoms with Gasteiger partial charge in [0, 0.05) is 16.2 Å². The highest BCUT2D eigenvalue weighted by Crippen LogP contribution is 2.22. The van der Waals surface area contributed by atoms with E-state index in [0.29, 0.717) is 12.1 Å². The molecule has 0 bridgehead atoms. The summed E-state index contributed by atoms with van der Waals surface area (Å²) in [4.78, 5) is 18.7. The van der Waals surface area contributed by atoms with Gasteiger partial charge in [0.05, 0.1) is 16.8 Å². The molecule has 3 rings (SSSR count). The van der Waals surface area contributed by atoms with Gasteiger partial charge in [-0.05, 0) is 59.0 Å². The molecular weight excluding hydrogens is 395 g/mol. The van der Waals surface area contributed by atoms with E-state index in [0.717, 1.165) is 18.8 Å². The second-order valence-corrected chi connectivity index (χ2v) is 7.10. The quantitative estimate of drug-likeness (QED) is 0.610. The summed E-state index contributed by atoms with van der Waals surface area (Å²) in [6, 6.07) is 15.6. The smallest absolute Gasteiger partial charge is 0.253 e. The summed E-state index contributed by atoms with van der Waals surface area (Å²) in [5.41, 5.74) is 1.70. The predicted molar refractivity (Wildman–Crippen MR) is 94.6 cm³/mol. The van der Waals surface area contributed by atoms with Crippen LogP contribution < -0.4 is 0 Å². The number of hydrogen-bond acceptors (Lipinski definition) is 3. The van der Waals surface area contributed by atoms with E-state index in [2.05, 4.69) is 33.6 Å². The number of amides is 1. The first-order valence-electron chi connectivity index (χ1n) is 6.49. The summed E-state index contributed by atoms with van der Waals surface area (Å²) in [7, 11) is 1.81. The third kappa shape index (κ3) is 3.24. The summed E-state index contributed by atoms with van der Waals surface area (Å²) < 4.78 is 2.28. The number of carbonyl (C=O) groups is 1. The van der Waals surface area contributed by atoms with E-state index in [1.165, 1.54) is 0 Å². The molecule has 0 spiro atoms. The van der Waals surface area contributed by atoms with Gasteiger partial charge in [-0.2, -0.15) is 0 Å². The van der Waals surface area contributed by atoms with E-state index in [1.54, 1.807) is 16.2 Å². The molecule has 0 saturated heterocycles. The zero-order chi connectivity index (χ0) is 14.8. The zero-order valence-electron chi connectivity index (χ0n) is 11.4. The maximum Gasteiger partial charge on any atom is 0.253 e. The van der Waals surface area contributed by atoms with Gasteiger partial charge in [-0.15, -0.1) is 11.3 Å². The molecule has 1 aromatic heterocycles. The standard InChI is InChI=1S/C16H13IN2OS/c1-19(16(20)11-6-8-12(17)9-7-11)10-15-18-13-4-2-3-5-14(13)21-15/h2-9H,10H2,1H3. The van der Waals surface area contributed by atoms with Crippen LogP contribution in [0.1, 0.15) is 15.4 Å². The normalized spacial score (nSPS) is 10.8. The molecule has 0 saturated carbocycles. The Hall–Kier alpha value is -1.47. The highest BCUT2D eigenvalue weighted by molar-refractivity contribution is 14.1. The van der Waals surface area contributed by atoms with Crippen LogP contribution in [0.2, 0.25) is 0 Å². The van der Waals surface area contributed by atoms with Crippen LogP contribution in [0.4, 0.5) is 0 Å². The first-order chi connectivity index (χ1) is 10.1. The van der Waals surface area contributed by atoms with Crippen LogP contribution >= 0.6 is 33.9 Å². The Morgan fingerprint density at radius 3 is 2.62 bits per heavy atom. The van der Waals surface area contributed by atoms with Gasteiger partial charge in [-0.25, -0.2) is 4.98 Å². The Morgan fingerprint density at radius 2 is 1.90 bits per heavy atom. The molecule has 0 atom stereocenters. The molecule has 5 heteroatoms. The molecule has 21 heavy (non-hydrogen) atoms. The molecule has 0 aliphatic heterocycles. The Kier molecular flexibility index (Phi) is 4.21. The maximum absolute atomic E-state index is 12.4. The summed E-state index contributed by atoms with van der Waals surface area (Å²) in [5.74, 6) is 0.0191. The highest BCUT2D eigenvalue weighted by Gasteiger charge is 2.14. The van der Waals surface area contributed by atoms with E-state index < -0.39 is 0 Å². The van der Waals surface area contributed by atoms with Gasteiger partial charge >= 0.3 is 0 Å². The van der Waals surface area contributed by atoms with Gasteiger partial charge in [0.2, 0.25) is 0 Å². The van der Waals surface area contributed by atoms with Crippen molar-refractivity contribution >= 4 is 50.1 Å². The van der Waals surface area contributed by atoms with Crippen molar-refractivity contribution in [1.82, 2.24) is 9.88 Å². The lowest BCUT2D eigenvalue weighted by Gasteiger charge is -2.15. The second kappa shape index (κ2) is 6.11. The maximum atomic E-state index is 12.4. The molecular formula is C16H13IN2OS. The molecule has 3 aromatic rings. The number of nitrogens with zero attached hydrogens (tertiary/aromatic N) is 2. The van der Waals surface area contributed by atoms with Gasteiger partial charge in [0.15, 0.2) is 0 Å². The Bertz CT molecular complexity index is 749. The van der Waals surface area contributed by atoms with Gasteiger partial charge < -0.3 is 4.90 Å². The number of aromatic nitrogens is 1. The number of para-hydroxylation sites is 1. The molecule has 1 amide bonds. The minimum absolute atomic E-state index is 0.0191. The minimum atomic E-state index is 0.0191. The monoisotopic (exact) mass is 408 g/mol. The van der Waals surface area contributed by atoms with Crippen LogP contribution in [-0.4, -0.2) is 22.8 Å². The van der Waals surface area contributed by atoms with Crippen molar-refractivity contribution in [3.05, 3.63) is 62.7 Å². The van der Waals surface area contributed by atoms with Crippen LogP contribution in [0.5, 0.6) is 0 Å². The lowest BCUT2D eigenvalue weighted by Crippen LogP contribution is -2.26. The van der Waals surface area contributed by atoms with Crippen molar-refractivity contribution in [2.45, 2.75) is 6.54 Å². The average Bonchev–Trinajstić information content (AvgIpc) is 2.89. The molecule has 0 aliphatic carbocycles. The fourth-order valence-electron chi connectivity index (χ4n) is 2.08. The van der Waals surface area contributed by atoms with Gasteiger partial charge in [0.1, 0.15) is 5.01 Å². The fraction of sp³-hybridized carbons (Fsp3) is 0.125. The van der Waals surface area contributed by atoms with Crippen LogP contribution in [-0.2, 0) is 6.54 Å². The third-order valence-electron chi connectivity index (χ3n) is 3.15. The number of benzene rings is 2. The van der Waals surface area contributed by atoms with Crippen molar-refractivity contribution < 1.29 is 4.79 Å². The van der Waals surface area contributed by atoms with Crippen LogP contribution in [0, 0.1) is 3.57 Å². The minimum Gasteiger partial charge on any atom is -0.335 e. The molecule has 0 unspecified atom stereocenters. The van der Waals surface area contributed by atoms with Gasteiger partial charge in [-0.3, -0.25) is 4.79 Å². The highest BCUT2D eigenvalue weighted by atomic mass is 127. The number of hydrogen-bond donors (Lipinski definition) is 0. The Balaban J connectivity index is 1.77. The zero-order valence-corrected chi connectivity index (χ0v) is 14.4. The van der Waals surface area contributed by atoms with Crippen molar-refractivity contribution in [3.63, 3.8) is 0 Å². The van der Waals surface area contributed by atoms with E-state index in [9.17, 15) is 4.79 Å². The molecule has 0 N–H and O–H groups in total. The SMILES string of the molecule is CN(Cc1nc2ccccc2s1)C(=O)c1ccc(I)cc1. The fourth-order valence-corrected chi connectivity index (χ4v) is 3.46. The van der Waals surface area contributed by atoms with Crippen molar-refractivity contribution in [3.8, 4) is 0 Å². The van der Waals surface area contributed by atoms with Crippen molar-refractivity contribution in [2.24, 2.45) is 0 Å². The molecule has 1 heterocycles. The summed E-state index contributed by atoms with van der Waals surface area (Å²) in [5, 5.41) is 0.956. The molecule has 0 aliphatic rings. The van der Waals surface area contributed by atoms with E-state index in [4.69, 9.17) is 0 Å². The first-order valence-corrected chi connectivity index (χ1v) is 8.38. The number of thiazole rings is 1. The first kappa shape index (κ1) is 14.5. The third-order valence-corrected chi connectivity index (χ3v) is 4.89. The van der Waals surface area contributed by atoms with Gasteiger partial charge in [0.25, 0.3) is 5.91 Å². The topological polar surface area (TPSA) is 33.2 Å².